The highest BCUT2D eigenvalue weighted by Gasteiger charge is 2.20. The molecule has 0 atom stereocenters. The van der Waals surface area contributed by atoms with Gasteiger partial charge in [0.2, 0.25) is 0 Å². The van der Waals surface area contributed by atoms with E-state index in [0.29, 0.717) is 0 Å². The fraction of sp³-hybridized carbons (Fsp3) is 0.292. The number of fused-ring (bicyclic) bond motifs is 4. The highest BCUT2D eigenvalue weighted by atomic mass is 32.1. The number of para-hydroxylation sites is 2. The average molecular weight is 388 g/mol. The summed E-state index contributed by atoms with van der Waals surface area (Å²) in [6.45, 7) is 7.63. The van der Waals surface area contributed by atoms with Crippen LogP contribution in [0.25, 0.3) is 32.9 Å². The van der Waals surface area contributed by atoms with Crippen LogP contribution in [0.15, 0.2) is 48.5 Å². The lowest BCUT2D eigenvalue weighted by atomic mass is 9.97. The lowest BCUT2D eigenvalue weighted by molar-refractivity contribution is 0.443. The highest BCUT2D eigenvalue weighted by Crippen LogP contribution is 2.37. The van der Waals surface area contributed by atoms with Crippen LogP contribution in [0.1, 0.15) is 38.4 Å². The molecular formula is C24H25N3S. The first-order chi connectivity index (χ1) is 13.5. The molecule has 0 saturated heterocycles. The van der Waals surface area contributed by atoms with Crippen LogP contribution in [0.3, 0.4) is 0 Å². The fourth-order valence-electron chi connectivity index (χ4n) is 3.98. The molecule has 4 heteroatoms. The van der Waals surface area contributed by atoms with Crippen LogP contribution in [0.5, 0.6) is 0 Å². The molecule has 0 saturated carbocycles. The number of hydrogen-bond donors (Lipinski definition) is 1. The SMILES string of the molecule is CC(C)(C)CNc1nc2c(-n3c4c(c5ccccc53)C=CCC4)cccc2s1. The van der Waals surface area contributed by atoms with Gasteiger partial charge in [-0.25, -0.2) is 4.98 Å². The third kappa shape index (κ3) is 2.92. The van der Waals surface area contributed by atoms with Gasteiger partial charge in [-0.2, -0.15) is 0 Å². The van der Waals surface area contributed by atoms with E-state index in [-0.39, 0.29) is 5.41 Å². The summed E-state index contributed by atoms with van der Waals surface area (Å²) in [7, 11) is 0. The van der Waals surface area contributed by atoms with Crippen molar-refractivity contribution in [3.63, 3.8) is 0 Å². The summed E-state index contributed by atoms with van der Waals surface area (Å²) in [6, 6.07) is 15.3. The van der Waals surface area contributed by atoms with Crippen molar-refractivity contribution in [3.8, 4) is 5.69 Å². The minimum absolute atomic E-state index is 0.225. The van der Waals surface area contributed by atoms with Crippen LogP contribution in [0.2, 0.25) is 0 Å². The number of nitrogens with zero attached hydrogens (tertiary/aromatic N) is 2. The van der Waals surface area contributed by atoms with Crippen LogP contribution in [0, 0.1) is 5.41 Å². The number of hydrogen-bond acceptors (Lipinski definition) is 3. The summed E-state index contributed by atoms with van der Waals surface area (Å²) in [5.41, 5.74) is 6.52. The number of anilines is 1. The van der Waals surface area contributed by atoms with Crippen LogP contribution in [-0.2, 0) is 6.42 Å². The van der Waals surface area contributed by atoms with Crippen molar-refractivity contribution in [1.29, 1.82) is 0 Å². The molecular weight excluding hydrogens is 362 g/mol. The minimum Gasteiger partial charge on any atom is -0.361 e. The summed E-state index contributed by atoms with van der Waals surface area (Å²) >= 11 is 1.74. The molecule has 2 aromatic heterocycles. The van der Waals surface area contributed by atoms with Crippen LogP contribution in [-0.4, -0.2) is 16.1 Å². The molecule has 0 amide bonds. The van der Waals surface area contributed by atoms with E-state index < -0.39 is 0 Å². The van der Waals surface area contributed by atoms with Gasteiger partial charge in [0.25, 0.3) is 0 Å². The Bertz CT molecular complexity index is 1200. The smallest absolute Gasteiger partial charge is 0.183 e. The lowest BCUT2D eigenvalue weighted by Gasteiger charge is -2.17. The van der Waals surface area contributed by atoms with E-state index in [0.717, 1.165) is 30.0 Å². The van der Waals surface area contributed by atoms with Gasteiger partial charge in [0.1, 0.15) is 5.52 Å². The summed E-state index contributed by atoms with van der Waals surface area (Å²) in [5.74, 6) is 0. The second-order valence-corrected chi connectivity index (χ2v) is 9.74. The molecule has 0 radical (unpaired) electrons. The second kappa shape index (κ2) is 6.49. The first kappa shape index (κ1) is 17.5. The van der Waals surface area contributed by atoms with Gasteiger partial charge < -0.3 is 9.88 Å². The van der Waals surface area contributed by atoms with Crippen LogP contribution < -0.4 is 5.32 Å². The molecule has 28 heavy (non-hydrogen) atoms. The number of thiazole rings is 1. The molecule has 0 fully saturated rings. The monoisotopic (exact) mass is 387 g/mol. The van der Waals surface area contributed by atoms with Gasteiger partial charge >= 0.3 is 0 Å². The quantitative estimate of drug-likeness (QED) is 0.426. The molecule has 1 aliphatic rings. The molecule has 0 bridgehead atoms. The number of nitrogens with one attached hydrogen (secondary N) is 1. The van der Waals surface area contributed by atoms with Crippen molar-refractivity contribution in [2.45, 2.75) is 33.6 Å². The maximum Gasteiger partial charge on any atom is 0.183 e. The third-order valence-electron chi connectivity index (χ3n) is 5.26. The van der Waals surface area contributed by atoms with Crippen molar-refractivity contribution in [3.05, 3.63) is 59.8 Å². The normalized spacial score (nSPS) is 14.0. The number of allylic oxidation sites excluding steroid dienone is 1. The molecule has 3 nitrogen and oxygen atoms in total. The van der Waals surface area contributed by atoms with Crippen molar-refractivity contribution >= 4 is 43.7 Å². The Balaban J connectivity index is 1.70. The number of aromatic nitrogens is 2. The Kier molecular flexibility index (Phi) is 4.06. The van der Waals surface area contributed by atoms with Crippen LogP contribution >= 0.6 is 11.3 Å². The van der Waals surface area contributed by atoms with Gasteiger partial charge in [0.05, 0.1) is 15.9 Å². The zero-order valence-corrected chi connectivity index (χ0v) is 17.4. The van der Waals surface area contributed by atoms with Crippen molar-refractivity contribution in [2.24, 2.45) is 5.41 Å². The summed E-state index contributed by atoms with van der Waals surface area (Å²) in [5, 5.41) is 5.86. The molecule has 0 spiro atoms. The molecule has 2 heterocycles. The molecule has 0 unspecified atom stereocenters. The molecule has 142 valence electrons. The van der Waals surface area contributed by atoms with E-state index >= 15 is 0 Å². The van der Waals surface area contributed by atoms with E-state index in [1.807, 2.05) is 0 Å². The Morgan fingerprint density at radius 2 is 1.96 bits per heavy atom. The lowest BCUT2D eigenvalue weighted by Crippen LogP contribution is -2.18. The topological polar surface area (TPSA) is 29.9 Å². The zero-order valence-electron chi connectivity index (χ0n) is 16.6. The van der Waals surface area contributed by atoms with Gasteiger partial charge in [-0.05, 0) is 36.5 Å². The summed E-state index contributed by atoms with van der Waals surface area (Å²) in [6.07, 6.45) is 6.73. The van der Waals surface area contributed by atoms with E-state index in [4.69, 9.17) is 4.98 Å². The Morgan fingerprint density at radius 1 is 1.11 bits per heavy atom. The summed E-state index contributed by atoms with van der Waals surface area (Å²) in [4.78, 5) is 5.00. The molecule has 1 aliphatic carbocycles. The Hall–Kier alpha value is -2.59. The van der Waals surface area contributed by atoms with Gasteiger partial charge in [-0.15, -0.1) is 0 Å². The van der Waals surface area contributed by atoms with Crippen molar-refractivity contribution < 1.29 is 0 Å². The standard InChI is InChI=1S/C24H25N3S/c1-24(2,3)15-25-23-26-22-20(13-8-14-21(22)28-23)27-18-11-6-4-9-16(18)17-10-5-7-12-19(17)27/h4-6,8-11,13-14H,7,12,15H2,1-3H3,(H,25,26). The van der Waals surface area contributed by atoms with Gasteiger partial charge in [0.15, 0.2) is 5.13 Å². The fourth-order valence-corrected chi connectivity index (χ4v) is 4.86. The number of rotatable bonds is 3. The van der Waals surface area contributed by atoms with Crippen molar-refractivity contribution in [1.82, 2.24) is 9.55 Å². The second-order valence-electron chi connectivity index (χ2n) is 8.71. The minimum atomic E-state index is 0.225. The van der Waals surface area contributed by atoms with Crippen molar-refractivity contribution in [2.75, 3.05) is 11.9 Å². The van der Waals surface area contributed by atoms with E-state index in [9.17, 15) is 0 Å². The molecule has 1 N–H and O–H groups in total. The summed E-state index contributed by atoms with van der Waals surface area (Å²) < 4.78 is 3.66. The van der Waals surface area contributed by atoms with Gasteiger partial charge in [-0.3, -0.25) is 0 Å². The molecule has 4 aromatic rings. The van der Waals surface area contributed by atoms with Crippen LogP contribution in [0.4, 0.5) is 5.13 Å². The average Bonchev–Trinajstić information content (AvgIpc) is 3.25. The molecule has 0 aliphatic heterocycles. The van der Waals surface area contributed by atoms with Gasteiger partial charge in [-0.1, -0.05) is 68.5 Å². The zero-order chi connectivity index (χ0) is 19.3. The third-order valence-corrected chi connectivity index (χ3v) is 6.24. The van der Waals surface area contributed by atoms with E-state index in [1.54, 1.807) is 11.3 Å². The molecule has 5 rings (SSSR count). The predicted molar refractivity (Wildman–Crippen MR) is 122 cm³/mol. The number of benzene rings is 2. The Labute approximate surface area is 169 Å². The first-order valence-electron chi connectivity index (χ1n) is 9.94. The maximum absolute atomic E-state index is 5.00. The highest BCUT2D eigenvalue weighted by molar-refractivity contribution is 7.22. The molecule has 2 aromatic carbocycles. The van der Waals surface area contributed by atoms with Gasteiger partial charge in [0, 0.05) is 23.2 Å². The van der Waals surface area contributed by atoms with E-state index in [1.165, 1.54) is 32.5 Å². The predicted octanol–water partition coefficient (Wildman–Crippen LogP) is 6.66. The first-order valence-corrected chi connectivity index (χ1v) is 10.8. The largest absolute Gasteiger partial charge is 0.361 e. The van der Waals surface area contributed by atoms with E-state index in [2.05, 4.69) is 85.3 Å². The maximum atomic E-state index is 5.00. The Morgan fingerprint density at radius 3 is 2.82 bits per heavy atom.